The third-order valence-electron chi connectivity index (χ3n) is 4.49. The zero-order chi connectivity index (χ0) is 23.9. The number of rotatable bonds is 10. The van der Waals surface area contributed by atoms with Crippen LogP contribution in [-0.4, -0.2) is 51.5 Å². The van der Waals surface area contributed by atoms with E-state index in [0.717, 1.165) is 0 Å². The van der Waals surface area contributed by atoms with E-state index in [1.807, 2.05) is 0 Å². The van der Waals surface area contributed by atoms with Crippen molar-refractivity contribution in [3.05, 3.63) is 59.8 Å². The predicted molar refractivity (Wildman–Crippen MR) is 126 cm³/mol. The van der Waals surface area contributed by atoms with Crippen molar-refractivity contribution < 1.29 is 23.5 Å². The predicted octanol–water partition coefficient (Wildman–Crippen LogP) is 2.99. The SMILES string of the molecule is COc1ccc(OC)c(-n2c(CNC(=O)c3ccco3)nnc2SCC(=O)Nc2nccs2)c1. The molecule has 0 fully saturated rings. The third-order valence-corrected chi connectivity index (χ3v) is 6.11. The Morgan fingerprint density at radius 1 is 1.21 bits per heavy atom. The van der Waals surface area contributed by atoms with E-state index in [2.05, 4.69) is 25.8 Å². The van der Waals surface area contributed by atoms with Gasteiger partial charge < -0.3 is 24.5 Å². The Balaban J connectivity index is 1.60. The van der Waals surface area contributed by atoms with Gasteiger partial charge in [0.1, 0.15) is 11.5 Å². The molecule has 4 aromatic rings. The molecule has 34 heavy (non-hydrogen) atoms. The first-order valence-electron chi connectivity index (χ1n) is 9.89. The van der Waals surface area contributed by atoms with E-state index in [4.69, 9.17) is 13.9 Å². The summed E-state index contributed by atoms with van der Waals surface area (Å²) in [4.78, 5) is 28.8. The average molecular weight is 501 g/mol. The highest BCUT2D eigenvalue weighted by Crippen LogP contribution is 2.32. The molecule has 0 saturated heterocycles. The third kappa shape index (κ3) is 5.38. The van der Waals surface area contributed by atoms with E-state index in [1.54, 1.807) is 60.7 Å². The van der Waals surface area contributed by atoms with Crippen LogP contribution in [0, 0.1) is 0 Å². The molecule has 0 aliphatic heterocycles. The number of thioether (sulfide) groups is 1. The molecule has 0 aliphatic rings. The van der Waals surface area contributed by atoms with Gasteiger partial charge in [-0.3, -0.25) is 14.2 Å². The second-order valence-electron chi connectivity index (χ2n) is 6.61. The molecular weight excluding hydrogens is 480 g/mol. The number of hydrogen-bond donors (Lipinski definition) is 2. The van der Waals surface area contributed by atoms with Gasteiger partial charge in [0.25, 0.3) is 5.91 Å². The summed E-state index contributed by atoms with van der Waals surface area (Å²) in [7, 11) is 3.10. The van der Waals surface area contributed by atoms with Crippen molar-refractivity contribution in [2.24, 2.45) is 0 Å². The summed E-state index contributed by atoms with van der Waals surface area (Å²) in [6, 6.07) is 8.47. The van der Waals surface area contributed by atoms with Gasteiger partial charge in [-0.15, -0.1) is 21.5 Å². The van der Waals surface area contributed by atoms with Gasteiger partial charge in [-0.05, 0) is 24.3 Å². The molecule has 4 rings (SSSR count). The van der Waals surface area contributed by atoms with Crippen molar-refractivity contribution >= 4 is 40.0 Å². The van der Waals surface area contributed by atoms with Gasteiger partial charge in [-0.1, -0.05) is 11.8 Å². The first kappa shape index (κ1) is 23.3. The summed E-state index contributed by atoms with van der Waals surface area (Å²) in [5.41, 5.74) is 0.594. The number of amides is 2. The number of hydrogen-bond acceptors (Lipinski definition) is 10. The number of thiazole rings is 1. The fourth-order valence-electron chi connectivity index (χ4n) is 2.95. The van der Waals surface area contributed by atoms with Crippen LogP contribution in [0.15, 0.2) is 57.7 Å². The van der Waals surface area contributed by atoms with Gasteiger partial charge in [0, 0.05) is 17.6 Å². The molecule has 0 radical (unpaired) electrons. The van der Waals surface area contributed by atoms with Gasteiger partial charge in [0.05, 0.1) is 38.5 Å². The van der Waals surface area contributed by atoms with Gasteiger partial charge in [-0.25, -0.2) is 4.98 Å². The zero-order valence-corrected chi connectivity index (χ0v) is 19.8. The van der Waals surface area contributed by atoms with E-state index in [0.29, 0.717) is 33.3 Å². The van der Waals surface area contributed by atoms with E-state index in [9.17, 15) is 9.59 Å². The van der Waals surface area contributed by atoms with Crippen molar-refractivity contribution in [1.29, 1.82) is 0 Å². The normalized spacial score (nSPS) is 10.6. The number of nitrogens with zero attached hydrogens (tertiary/aromatic N) is 4. The molecule has 0 aliphatic carbocycles. The highest BCUT2D eigenvalue weighted by molar-refractivity contribution is 7.99. The number of nitrogens with one attached hydrogen (secondary N) is 2. The maximum absolute atomic E-state index is 12.4. The largest absolute Gasteiger partial charge is 0.497 e. The van der Waals surface area contributed by atoms with Crippen molar-refractivity contribution in [2.45, 2.75) is 11.7 Å². The van der Waals surface area contributed by atoms with Crippen molar-refractivity contribution in [3.63, 3.8) is 0 Å². The standard InChI is InChI=1S/C21H20N6O5S2/c1-30-13-5-6-15(31-2)14(10-13)27-17(11-23-19(29)16-4-3-8-32-16)25-26-21(27)34-12-18(28)24-20-22-7-9-33-20/h3-10H,11-12H2,1-2H3,(H,23,29)(H,22,24,28). The Kier molecular flexibility index (Phi) is 7.44. The number of aromatic nitrogens is 4. The second kappa shape index (κ2) is 10.9. The number of anilines is 1. The Morgan fingerprint density at radius 2 is 2.09 bits per heavy atom. The lowest BCUT2D eigenvalue weighted by Crippen LogP contribution is -2.24. The molecule has 0 bridgehead atoms. The monoisotopic (exact) mass is 500 g/mol. The lowest BCUT2D eigenvalue weighted by molar-refractivity contribution is -0.113. The van der Waals surface area contributed by atoms with Crippen LogP contribution in [0.3, 0.4) is 0 Å². The van der Waals surface area contributed by atoms with Crippen LogP contribution < -0.4 is 20.1 Å². The smallest absolute Gasteiger partial charge is 0.287 e. The van der Waals surface area contributed by atoms with E-state index < -0.39 is 5.91 Å². The Labute approximate surface area is 202 Å². The summed E-state index contributed by atoms with van der Waals surface area (Å²) in [6.45, 7) is 0.0543. The molecule has 11 nitrogen and oxygen atoms in total. The van der Waals surface area contributed by atoms with E-state index >= 15 is 0 Å². The van der Waals surface area contributed by atoms with Crippen LogP contribution in [0.25, 0.3) is 5.69 Å². The highest BCUT2D eigenvalue weighted by Gasteiger charge is 2.21. The van der Waals surface area contributed by atoms with Crippen molar-refractivity contribution in [2.75, 3.05) is 25.3 Å². The first-order valence-corrected chi connectivity index (χ1v) is 11.8. The number of carbonyl (C=O) groups excluding carboxylic acids is 2. The van der Waals surface area contributed by atoms with Crippen LogP contribution in [0.4, 0.5) is 5.13 Å². The minimum absolute atomic E-state index is 0.0543. The average Bonchev–Trinajstić information content (AvgIpc) is 3.63. The summed E-state index contributed by atoms with van der Waals surface area (Å²) in [6.07, 6.45) is 3.03. The molecule has 3 aromatic heterocycles. The van der Waals surface area contributed by atoms with Gasteiger partial charge in [-0.2, -0.15) is 0 Å². The van der Waals surface area contributed by atoms with Crippen LogP contribution in [0.2, 0.25) is 0 Å². The maximum atomic E-state index is 12.4. The Bertz CT molecular complexity index is 1260. The minimum Gasteiger partial charge on any atom is -0.497 e. The number of benzene rings is 1. The molecule has 176 valence electrons. The number of carbonyl (C=O) groups is 2. The van der Waals surface area contributed by atoms with Crippen molar-refractivity contribution in [3.8, 4) is 17.2 Å². The van der Waals surface area contributed by atoms with E-state index in [1.165, 1.54) is 29.4 Å². The molecule has 2 N–H and O–H groups in total. The van der Waals surface area contributed by atoms with Crippen LogP contribution in [-0.2, 0) is 11.3 Å². The molecule has 0 saturated carbocycles. The molecule has 0 unspecified atom stereocenters. The Hall–Kier alpha value is -3.84. The van der Waals surface area contributed by atoms with Crippen LogP contribution in [0.5, 0.6) is 11.5 Å². The van der Waals surface area contributed by atoms with Gasteiger partial charge >= 0.3 is 0 Å². The lowest BCUT2D eigenvalue weighted by Gasteiger charge is -2.15. The molecule has 0 atom stereocenters. The molecule has 2 amide bonds. The van der Waals surface area contributed by atoms with Crippen molar-refractivity contribution in [1.82, 2.24) is 25.1 Å². The molecule has 13 heteroatoms. The quantitative estimate of drug-likeness (QED) is 0.315. The maximum Gasteiger partial charge on any atom is 0.287 e. The first-order chi connectivity index (χ1) is 16.6. The topological polar surface area (TPSA) is 133 Å². The number of ether oxygens (including phenoxy) is 2. The molecular formula is C21H20N6O5S2. The van der Waals surface area contributed by atoms with E-state index in [-0.39, 0.29) is 24.0 Å². The number of furan rings is 1. The highest BCUT2D eigenvalue weighted by atomic mass is 32.2. The Morgan fingerprint density at radius 3 is 2.79 bits per heavy atom. The second-order valence-corrected chi connectivity index (χ2v) is 8.44. The fraction of sp³-hybridized carbons (Fsp3) is 0.190. The summed E-state index contributed by atoms with van der Waals surface area (Å²) in [5, 5.41) is 16.7. The lowest BCUT2D eigenvalue weighted by atomic mass is 10.2. The summed E-state index contributed by atoms with van der Waals surface area (Å²) in [5.74, 6) is 1.17. The van der Waals surface area contributed by atoms with Crippen LogP contribution >= 0.6 is 23.1 Å². The molecule has 1 aromatic carbocycles. The van der Waals surface area contributed by atoms with Gasteiger partial charge in [0.2, 0.25) is 5.91 Å². The fourth-order valence-corrected chi connectivity index (χ4v) is 4.26. The number of methoxy groups -OCH3 is 2. The minimum atomic E-state index is -0.394. The summed E-state index contributed by atoms with van der Waals surface area (Å²) >= 11 is 2.51. The molecule has 3 heterocycles. The summed E-state index contributed by atoms with van der Waals surface area (Å²) < 4.78 is 17.7. The molecule has 0 spiro atoms. The zero-order valence-electron chi connectivity index (χ0n) is 18.2. The van der Waals surface area contributed by atoms with Crippen LogP contribution in [0.1, 0.15) is 16.4 Å². The van der Waals surface area contributed by atoms with Gasteiger partial charge in [0.15, 0.2) is 21.9 Å².